The van der Waals surface area contributed by atoms with Crippen LogP contribution in [0.3, 0.4) is 0 Å². The predicted molar refractivity (Wildman–Crippen MR) is 71.4 cm³/mol. The number of rotatable bonds is 5. The smallest absolute Gasteiger partial charge is 0.307 e. The average molecular weight is 282 g/mol. The first-order chi connectivity index (χ1) is 9.10. The second-order valence-electron chi connectivity index (χ2n) is 3.81. The molecule has 19 heavy (non-hydrogen) atoms. The van der Waals surface area contributed by atoms with Gasteiger partial charge in [0.1, 0.15) is 18.2 Å². The lowest BCUT2D eigenvalue weighted by Crippen LogP contribution is -2.06. The molecule has 2 aromatic heterocycles. The summed E-state index contributed by atoms with van der Waals surface area (Å²) in [5.41, 5.74) is 0.553. The molecule has 2 aromatic rings. The summed E-state index contributed by atoms with van der Waals surface area (Å²) in [6.07, 6.45) is 2.54. The summed E-state index contributed by atoms with van der Waals surface area (Å²) < 4.78 is 1.43. The Bertz CT molecular complexity index is 599. The summed E-state index contributed by atoms with van der Waals surface area (Å²) in [6.45, 7) is 3.00. The van der Waals surface area contributed by atoms with Crippen molar-refractivity contribution in [1.82, 2.24) is 14.8 Å². The van der Waals surface area contributed by atoms with E-state index in [0.29, 0.717) is 16.5 Å². The van der Waals surface area contributed by atoms with Crippen molar-refractivity contribution in [2.24, 2.45) is 0 Å². The van der Waals surface area contributed by atoms with Crippen molar-refractivity contribution in [2.75, 3.05) is 11.9 Å². The minimum absolute atomic E-state index is 0.0565. The van der Waals surface area contributed by atoms with Crippen molar-refractivity contribution in [1.29, 1.82) is 0 Å². The molecule has 1 N–H and O–H groups in total. The van der Waals surface area contributed by atoms with Gasteiger partial charge in [-0.25, -0.2) is 4.98 Å². The van der Waals surface area contributed by atoms with E-state index in [1.807, 2.05) is 6.92 Å². The third-order valence-corrected chi connectivity index (χ3v) is 2.76. The van der Waals surface area contributed by atoms with Crippen molar-refractivity contribution in [3.8, 4) is 0 Å². The number of hydrogen-bond acceptors (Lipinski definition) is 5. The maximum Gasteiger partial charge on any atom is 0.307 e. The zero-order valence-electron chi connectivity index (χ0n) is 10.2. The fraction of sp³-hybridized carbons (Fsp3) is 0.273. The molecule has 0 aliphatic heterocycles. The number of aromatic nitrogens is 3. The van der Waals surface area contributed by atoms with Crippen LogP contribution in [0.5, 0.6) is 0 Å². The van der Waals surface area contributed by atoms with Gasteiger partial charge >= 0.3 is 5.69 Å². The van der Waals surface area contributed by atoms with Gasteiger partial charge in [0.2, 0.25) is 0 Å². The van der Waals surface area contributed by atoms with E-state index < -0.39 is 4.92 Å². The van der Waals surface area contributed by atoms with Crippen LogP contribution < -0.4 is 5.32 Å². The molecular weight excluding hydrogens is 270 g/mol. The Morgan fingerprint density at radius 3 is 2.95 bits per heavy atom. The standard InChI is InChI=1S/C11H12ClN5O2/c1-2-13-11-4-3-9(12)10(15-11)7-16-6-8(5-14-16)17(18)19/h3-6H,2,7H2,1H3,(H,13,15). The molecule has 0 amide bonds. The highest BCUT2D eigenvalue weighted by Gasteiger charge is 2.11. The number of hydrogen-bond donors (Lipinski definition) is 1. The molecule has 0 radical (unpaired) electrons. The van der Waals surface area contributed by atoms with Gasteiger partial charge in [0.05, 0.1) is 22.2 Å². The first-order valence-electron chi connectivity index (χ1n) is 5.66. The fourth-order valence-electron chi connectivity index (χ4n) is 1.56. The lowest BCUT2D eigenvalue weighted by Gasteiger charge is -2.07. The van der Waals surface area contributed by atoms with Crippen LogP contribution in [0, 0.1) is 10.1 Å². The normalized spacial score (nSPS) is 10.4. The third kappa shape index (κ3) is 3.19. The van der Waals surface area contributed by atoms with Gasteiger partial charge in [0.15, 0.2) is 0 Å². The maximum absolute atomic E-state index is 10.6. The van der Waals surface area contributed by atoms with Gasteiger partial charge in [-0.15, -0.1) is 0 Å². The van der Waals surface area contributed by atoms with Crippen molar-refractivity contribution in [2.45, 2.75) is 13.5 Å². The second kappa shape index (κ2) is 5.66. The summed E-state index contributed by atoms with van der Waals surface area (Å²) in [7, 11) is 0. The number of nitro groups is 1. The Balaban J connectivity index is 2.21. The van der Waals surface area contributed by atoms with Crippen molar-refractivity contribution >= 4 is 23.1 Å². The lowest BCUT2D eigenvalue weighted by atomic mass is 10.3. The molecule has 0 atom stereocenters. The third-order valence-electron chi connectivity index (χ3n) is 2.42. The van der Waals surface area contributed by atoms with E-state index in [-0.39, 0.29) is 12.2 Å². The van der Waals surface area contributed by atoms with Crippen LogP contribution in [0.25, 0.3) is 0 Å². The van der Waals surface area contributed by atoms with Gasteiger partial charge < -0.3 is 5.32 Å². The van der Waals surface area contributed by atoms with E-state index >= 15 is 0 Å². The number of anilines is 1. The quantitative estimate of drug-likeness (QED) is 0.671. The molecule has 0 aliphatic carbocycles. The van der Waals surface area contributed by atoms with Crippen LogP contribution in [0.1, 0.15) is 12.6 Å². The van der Waals surface area contributed by atoms with Crippen molar-refractivity contribution in [3.05, 3.63) is 45.4 Å². The molecule has 8 heteroatoms. The van der Waals surface area contributed by atoms with Gasteiger partial charge in [-0.05, 0) is 19.1 Å². The topological polar surface area (TPSA) is 85.9 Å². The SMILES string of the molecule is CCNc1ccc(Cl)c(Cn2cc([N+](=O)[O-])cn2)n1. The number of pyridine rings is 1. The van der Waals surface area contributed by atoms with Crippen molar-refractivity contribution < 1.29 is 4.92 Å². The van der Waals surface area contributed by atoms with Gasteiger partial charge in [-0.3, -0.25) is 14.8 Å². The Hall–Kier alpha value is -2.15. The Kier molecular flexibility index (Phi) is 3.96. The average Bonchev–Trinajstić information content (AvgIpc) is 2.82. The molecule has 0 saturated heterocycles. The highest BCUT2D eigenvalue weighted by molar-refractivity contribution is 6.31. The zero-order chi connectivity index (χ0) is 13.8. The first-order valence-corrected chi connectivity index (χ1v) is 6.04. The molecule has 0 unspecified atom stereocenters. The predicted octanol–water partition coefficient (Wildman–Crippen LogP) is 2.32. The molecule has 100 valence electrons. The van der Waals surface area contributed by atoms with E-state index in [1.54, 1.807) is 12.1 Å². The largest absolute Gasteiger partial charge is 0.370 e. The van der Waals surface area contributed by atoms with Gasteiger partial charge in [0.25, 0.3) is 0 Å². The molecule has 2 rings (SSSR count). The molecule has 0 aromatic carbocycles. The maximum atomic E-state index is 10.6. The van der Waals surface area contributed by atoms with E-state index in [1.165, 1.54) is 17.1 Å². The van der Waals surface area contributed by atoms with Gasteiger partial charge in [-0.1, -0.05) is 11.6 Å². The van der Waals surface area contributed by atoms with Gasteiger partial charge in [0, 0.05) is 6.54 Å². The van der Waals surface area contributed by atoms with Crippen LogP contribution in [-0.2, 0) is 6.54 Å². The van der Waals surface area contributed by atoms with Crippen LogP contribution in [0.2, 0.25) is 5.02 Å². The Morgan fingerprint density at radius 1 is 1.53 bits per heavy atom. The summed E-state index contributed by atoms with van der Waals surface area (Å²) in [4.78, 5) is 14.4. The molecule has 0 aliphatic rings. The Labute approximate surface area is 114 Å². The fourth-order valence-corrected chi connectivity index (χ4v) is 1.73. The summed E-state index contributed by atoms with van der Waals surface area (Å²) in [5, 5.41) is 18.1. The molecule has 2 heterocycles. The zero-order valence-corrected chi connectivity index (χ0v) is 11.0. The van der Waals surface area contributed by atoms with Gasteiger partial charge in [-0.2, -0.15) is 5.10 Å². The summed E-state index contributed by atoms with van der Waals surface area (Å²) >= 11 is 6.05. The van der Waals surface area contributed by atoms with E-state index in [9.17, 15) is 10.1 Å². The number of nitrogens with one attached hydrogen (secondary N) is 1. The monoisotopic (exact) mass is 281 g/mol. The van der Waals surface area contributed by atoms with E-state index in [4.69, 9.17) is 11.6 Å². The van der Waals surface area contributed by atoms with Crippen LogP contribution >= 0.6 is 11.6 Å². The highest BCUT2D eigenvalue weighted by atomic mass is 35.5. The molecule has 0 fully saturated rings. The molecule has 7 nitrogen and oxygen atoms in total. The van der Waals surface area contributed by atoms with Crippen LogP contribution in [0.4, 0.5) is 11.5 Å². The minimum Gasteiger partial charge on any atom is -0.370 e. The number of nitrogens with zero attached hydrogens (tertiary/aromatic N) is 4. The minimum atomic E-state index is -0.492. The summed E-state index contributed by atoms with van der Waals surface area (Å²) in [6, 6.07) is 3.51. The second-order valence-corrected chi connectivity index (χ2v) is 4.22. The van der Waals surface area contributed by atoms with E-state index in [0.717, 1.165) is 6.54 Å². The lowest BCUT2D eigenvalue weighted by molar-refractivity contribution is -0.385. The Morgan fingerprint density at radius 2 is 2.32 bits per heavy atom. The molecule has 0 saturated carbocycles. The van der Waals surface area contributed by atoms with E-state index in [2.05, 4.69) is 15.4 Å². The first kappa shape index (κ1) is 13.3. The van der Waals surface area contributed by atoms with Crippen molar-refractivity contribution in [3.63, 3.8) is 0 Å². The summed E-state index contributed by atoms with van der Waals surface area (Å²) in [5.74, 6) is 0.712. The number of halogens is 1. The van der Waals surface area contributed by atoms with Crippen LogP contribution in [0.15, 0.2) is 24.5 Å². The molecule has 0 bridgehead atoms. The molecular formula is C11H12ClN5O2. The van der Waals surface area contributed by atoms with Crippen LogP contribution in [-0.4, -0.2) is 26.2 Å². The molecule has 0 spiro atoms. The highest BCUT2D eigenvalue weighted by Crippen LogP contribution is 2.18.